The van der Waals surface area contributed by atoms with Crippen LogP contribution in [0.2, 0.25) is 0 Å². The lowest BCUT2D eigenvalue weighted by Crippen LogP contribution is -2.02. The molecule has 0 saturated carbocycles. The van der Waals surface area contributed by atoms with E-state index in [4.69, 9.17) is 15.0 Å². The number of hydrogen-bond donors (Lipinski definition) is 0. The molecule has 0 aliphatic carbocycles. The van der Waals surface area contributed by atoms with E-state index in [0.29, 0.717) is 5.82 Å². The Balaban J connectivity index is 0.871. The first-order valence-corrected chi connectivity index (χ1v) is 23.3. The highest BCUT2D eigenvalue weighted by Gasteiger charge is 2.20. The van der Waals surface area contributed by atoms with Gasteiger partial charge in [0.1, 0.15) is 5.82 Å². The summed E-state index contributed by atoms with van der Waals surface area (Å²) in [4.78, 5) is 15.2. The van der Waals surface area contributed by atoms with E-state index in [1.165, 1.54) is 32.6 Å². The molecule has 0 radical (unpaired) electrons. The molecule has 322 valence electrons. The predicted molar refractivity (Wildman–Crippen MR) is 285 cm³/mol. The molecule has 6 nitrogen and oxygen atoms in total. The molecular weight excluding hydrogens is 841 g/mol. The van der Waals surface area contributed by atoms with Crippen molar-refractivity contribution >= 4 is 65.5 Å². The molecule has 0 N–H and O–H groups in total. The summed E-state index contributed by atoms with van der Waals surface area (Å²) < 4.78 is 7.00. The molecule has 9 aromatic carbocycles. The molecular formula is C63H40N6. The molecule has 0 amide bonds. The summed E-state index contributed by atoms with van der Waals surface area (Å²) in [5, 5.41) is 5.89. The number of para-hydroxylation sites is 3. The standard InChI is InChI=1S/C63H40N6/c1-4-16-41(17-5-1)54-40-61(66-63(65-54)42-18-6-2-7-19-42)69-56-27-13-11-25-50(56)52-38-46(30-33-58(52)69)44-21-14-20-43(36-44)45-29-32-57-51(37-45)49-24-10-12-26-55(49)68(57)48-31-34-59-53(39-48)62-60(28-15-35-64-62)67(59)47-22-8-3-9-23-47/h1-40H. The molecule has 14 aromatic rings. The number of pyridine rings is 1. The summed E-state index contributed by atoms with van der Waals surface area (Å²) in [5.74, 6) is 1.52. The largest absolute Gasteiger partial charge is 0.309 e. The van der Waals surface area contributed by atoms with E-state index >= 15 is 0 Å². The van der Waals surface area contributed by atoms with Gasteiger partial charge in [-0.1, -0.05) is 146 Å². The quantitative estimate of drug-likeness (QED) is 0.160. The van der Waals surface area contributed by atoms with Gasteiger partial charge in [-0.2, -0.15) is 0 Å². The van der Waals surface area contributed by atoms with Crippen LogP contribution in [0.25, 0.3) is 128 Å². The van der Waals surface area contributed by atoms with Crippen LogP contribution in [0.15, 0.2) is 243 Å². The molecule has 14 rings (SSSR count). The van der Waals surface area contributed by atoms with Gasteiger partial charge < -0.3 is 9.13 Å². The zero-order chi connectivity index (χ0) is 45.4. The molecule has 0 atom stereocenters. The smallest absolute Gasteiger partial charge is 0.162 e. The van der Waals surface area contributed by atoms with Gasteiger partial charge in [-0.05, 0) is 107 Å². The van der Waals surface area contributed by atoms with Gasteiger partial charge in [0.05, 0.1) is 44.3 Å². The van der Waals surface area contributed by atoms with Crippen molar-refractivity contribution in [3.05, 3.63) is 243 Å². The van der Waals surface area contributed by atoms with Gasteiger partial charge in [-0.25, -0.2) is 9.97 Å². The van der Waals surface area contributed by atoms with Crippen molar-refractivity contribution in [3.63, 3.8) is 0 Å². The maximum absolute atomic E-state index is 5.24. The van der Waals surface area contributed by atoms with E-state index in [2.05, 4.69) is 220 Å². The van der Waals surface area contributed by atoms with E-state index in [9.17, 15) is 0 Å². The van der Waals surface area contributed by atoms with Gasteiger partial charge in [0.2, 0.25) is 0 Å². The van der Waals surface area contributed by atoms with Gasteiger partial charge in [-0.3, -0.25) is 9.55 Å². The fourth-order valence-corrected chi connectivity index (χ4v) is 10.5. The van der Waals surface area contributed by atoms with Gasteiger partial charge in [-0.15, -0.1) is 0 Å². The van der Waals surface area contributed by atoms with Crippen molar-refractivity contribution in [2.24, 2.45) is 0 Å². The molecule has 6 heteroatoms. The second-order valence-electron chi connectivity index (χ2n) is 17.7. The SMILES string of the molecule is c1ccc(-c2cc(-n3c4ccccc4c4cc(-c5cccc(-c6ccc7c(c6)c6ccccc6n7-c6ccc7c(c6)c6ncccc6n7-c6ccccc6)c5)ccc43)nc(-c3ccccc3)n2)cc1. The molecule has 5 aromatic heterocycles. The first-order chi connectivity index (χ1) is 34.2. The van der Waals surface area contributed by atoms with Crippen molar-refractivity contribution in [1.29, 1.82) is 0 Å². The van der Waals surface area contributed by atoms with Gasteiger partial charge >= 0.3 is 0 Å². The highest BCUT2D eigenvalue weighted by Crippen LogP contribution is 2.40. The van der Waals surface area contributed by atoms with E-state index in [1.807, 2.05) is 36.5 Å². The van der Waals surface area contributed by atoms with Crippen LogP contribution in [0.1, 0.15) is 0 Å². The van der Waals surface area contributed by atoms with Crippen molar-refractivity contribution in [3.8, 4) is 62.1 Å². The summed E-state index contributed by atoms with van der Waals surface area (Å²) in [6.07, 6.45) is 1.89. The predicted octanol–water partition coefficient (Wildman–Crippen LogP) is 15.8. The minimum absolute atomic E-state index is 0.691. The normalized spacial score (nSPS) is 11.8. The fourth-order valence-electron chi connectivity index (χ4n) is 10.5. The van der Waals surface area contributed by atoms with Gasteiger partial charge in [0.15, 0.2) is 5.82 Å². The van der Waals surface area contributed by atoms with E-state index in [1.54, 1.807) is 0 Å². The van der Waals surface area contributed by atoms with Crippen LogP contribution in [0.3, 0.4) is 0 Å². The van der Waals surface area contributed by atoms with E-state index < -0.39 is 0 Å². The second-order valence-corrected chi connectivity index (χ2v) is 17.7. The number of aromatic nitrogens is 6. The lowest BCUT2D eigenvalue weighted by atomic mass is 9.97. The summed E-state index contributed by atoms with van der Waals surface area (Å²) in [7, 11) is 0. The molecule has 0 unspecified atom stereocenters. The molecule has 0 fully saturated rings. The summed E-state index contributed by atoms with van der Waals surface area (Å²) in [5.41, 5.74) is 17.5. The lowest BCUT2D eigenvalue weighted by molar-refractivity contribution is 1.05. The molecule has 69 heavy (non-hydrogen) atoms. The average Bonchev–Trinajstić information content (AvgIpc) is 4.06. The van der Waals surface area contributed by atoms with Crippen LogP contribution in [0.4, 0.5) is 0 Å². The third-order valence-corrected chi connectivity index (χ3v) is 13.7. The van der Waals surface area contributed by atoms with Crippen molar-refractivity contribution < 1.29 is 0 Å². The Kier molecular flexibility index (Phi) is 8.79. The van der Waals surface area contributed by atoms with Crippen LogP contribution in [-0.2, 0) is 0 Å². The Labute approximate surface area is 397 Å². The molecule has 0 saturated heterocycles. The third-order valence-electron chi connectivity index (χ3n) is 13.7. The highest BCUT2D eigenvalue weighted by molar-refractivity contribution is 6.13. The van der Waals surface area contributed by atoms with Crippen molar-refractivity contribution in [2.75, 3.05) is 0 Å². The van der Waals surface area contributed by atoms with Gasteiger partial charge in [0.25, 0.3) is 0 Å². The summed E-state index contributed by atoms with van der Waals surface area (Å²) >= 11 is 0. The second kappa shape index (κ2) is 15.6. The van der Waals surface area contributed by atoms with E-state index in [0.717, 1.165) is 89.2 Å². The molecule has 0 aliphatic heterocycles. The summed E-state index contributed by atoms with van der Waals surface area (Å²) in [6, 6.07) is 84.3. The Morgan fingerprint density at radius 3 is 1.48 bits per heavy atom. The number of benzene rings is 9. The minimum Gasteiger partial charge on any atom is -0.309 e. The van der Waals surface area contributed by atoms with Crippen LogP contribution >= 0.6 is 0 Å². The number of nitrogens with zero attached hydrogens (tertiary/aromatic N) is 6. The molecule has 0 aliphatic rings. The topological polar surface area (TPSA) is 53.5 Å². The fraction of sp³-hybridized carbons (Fsp3) is 0. The van der Waals surface area contributed by atoms with Gasteiger partial charge in [0, 0.05) is 61.7 Å². The van der Waals surface area contributed by atoms with Crippen molar-refractivity contribution in [2.45, 2.75) is 0 Å². The van der Waals surface area contributed by atoms with Crippen molar-refractivity contribution in [1.82, 2.24) is 28.7 Å². The number of fused-ring (bicyclic) bond motifs is 9. The van der Waals surface area contributed by atoms with E-state index in [-0.39, 0.29) is 0 Å². The molecule has 5 heterocycles. The molecule has 0 spiro atoms. The van der Waals surface area contributed by atoms with Crippen LogP contribution in [0, 0.1) is 0 Å². The maximum Gasteiger partial charge on any atom is 0.162 e. The molecule has 0 bridgehead atoms. The number of hydrogen-bond acceptors (Lipinski definition) is 3. The number of rotatable bonds is 7. The average molecular weight is 881 g/mol. The Bertz CT molecular complexity index is 4240. The first-order valence-electron chi connectivity index (χ1n) is 23.3. The lowest BCUT2D eigenvalue weighted by Gasteiger charge is -2.12. The summed E-state index contributed by atoms with van der Waals surface area (Å²) in [6.45, 7) is 0. The van der Waals surface area contributed by atoms with Crippen LogP contribution < -0.4 is 0 Å². The van der Waals surface area contributed by atoms with Crippen LogP contribution in [-0.4, -0.2) is 28.7 Å². The zero-order valence-corrected chi connectivity index (χ0v) is 37.3. The monoisotopic (exact) mass is 880 g/mol. The third kappa shape index (κ3) is 6.30. The maximum atomic E-state index is 5.24. The minimum atomic E-state index is 0.691. The highest BCUT2D eigenvalue weighted by atomic mass is 15.1. The Morgan fingerprint density at radius 1 is 0.275 bits per heavy atom. The zero-order valence-electron chi connectivity index (χ0n) is 37.3. The Morgan fingerprint density at radius 2 is 0.783 bits per heavy atom. The first kappa shape index (κ1) is 38.8. The van der Waals surface area contributed by atoms with Crippen LogP contribution in [0.5, 0.6) is 0 Å². The Hall–Kier alpha value is -9.39.